The van der Waals surface area contributed by atoms with Crippen LogP contribution in [0.2, 0.25) is 0 Å². The molecule has 0 atom stereocenters. The molecule has 13 nitrogen and oxygen atoms in total. The molecular weight excluding hydrogens is 454 g/mol. The van der Waals surface area contributed by atoms with Crippen LogP contribution in [0.1, 0.15) is 0 Å². The summed E-state index contributed by atoms with van der Waals surface area (Å²) in [5.74, 6) is 0.817. The molecule has 0 aliphatic carbocycles. The number of hydrogen-bond donors (Lipinski definition) is 2. The average molecular weight is 467 g/mol. The second-order valence-corrected chi connectivity index (χ2v) is 8.22. The zero-order chi connectivity index (χ0) is 23.6. The zero-order valence-electron chi connectivity index (χ0n) is 16.4. The minimum Gasteiger partial charge on any atom is -0.279 e. The van der Waals surface area contributed by atoms with Crippen molar-refractivity contribution in [3.05, 3.63) is 87.1 Å². The maximum atomic E-state index is 12.7. The van der Waals surface area contributed by atoms with Crippen LogP contribution in [0.25, 0.3) is 22.9 Å². The molecule has 166 valence electrons. The van der Waals surface area contributed by atoms with Gasteiger partial charge in [0.15, 0.2) is 16.5 Å². The lowest BCUT2D eigenvalue weighted by molar-refractivity contribution is -0.396. The molecule has 0 saturated carbocycles. The van der Waals surface area contributed by atoms with Gasteiger partial charge in [-0.25, -0.2) is 13.4 Å². The van der Waals surface area contributed by atoms with Crippen LogP contribution in [0.5, 0.6) is 0 Å². The third kappa shape index (κ3) is 4.49. The van der Waals surface area contributed by atoms with Gasteiger partial charge in [-0.15, -0.1) is 0 Å². The highest BCUT2D eigenvalue weighted by Gasteiger charge is 2.28. The van der Waals surface area contributed by atoms with E-state index >= 15 is 0 Å². The molecule has 4 aromatic rings. The zero-order valence-corrected chi connectivity index (χ0v) is 17.3. The lowest BCUT2D eigenvalue weighted by Crippen LogP contribution is -2.15. The highest BCUT2D eigenvalue weighted by Crippen LogP contribution is 2.30. The van der Waals surface area contributed by atoms with Crippen LogP contribution in [0.3, 0.4) is 0 Å². The number of nitrogens with one attached hydrogen (secondary N) is 2. The molecule has 2 aromatic carbocycles. The van der Waals surface area contributed by atoms with Gasteiger partial charge in [0.1, 0.15) is 5.69 Å². The molecule has 2 aromatic heterocycles. The number of pyridine rings is 1. The van der Waals surface area contributed by atoms with Crippen molar-refractivity contribution in [2.75, 3.05) is 4.72 Å². The van der Waals surface area contributed by atoms with Crippen molar-refractivity contribution in [1.29, 1.82) is 0 Å². The van der Waals surface area contributed by atoms with Crippen LogP contribution in [0, 0.1) is 20.2 Å². The van der Waals surface area contributed by atoms with Gasteiger partial charge < -0.3 is 0 Å². The van der Waals surface area contributed by atoms with Gasteiger partial charge >= 0.3 is 0 Å². The third-order valence-corrected chi connectivity index (χ3v) is 5.86. The first kappa shape index (κ1) is 21.5. The number of nitrogens with zero attached hydrogens (tertiary/aromatic N) is 5. The first-order chi connectivity index (χ1) is 15.7. The maximum Gasteiger partial charge on any atom is 0.296 e. The summed E-state index contributed by atoms with van der Waals surface area (Å²) in [4.78, 5) is 28.1. The van der Waals surface area contributed by atoms with Gasteiger partial charge in [-0.2, -0.15) is 5.10 Å². The van der Waals surface area contributed by atoms with Crippen LogP contribution in [0.15, 0.2) is 71.8 Å². The summed E-state index contributed by atoms with van der Waals surface area (Å²) in [6.45, 7) is 0. The lowest BCUT2D eigenvalue weighted by Gasteiger charge is -2.09. The van der Waals surface area contributed by atoms with Crippen molar-refractivity contribution in [1.82, 2.24) is 20.2 Å². The van der Waals surface area contributed by atoms with Gasteiger partial charge in [-0.05, 0) is 42.5 Å². The van der Waals surface area contributed by atoms with Crippen LogP contribution in [0.4, 0.5) is 17.1 Å². The quantitative estimate of drug-likeness (QED) is 0.304. The summed E-state index contributed by atoms with van der Waals surface area (Å²) in [6, 6.07) is 13.6. The minimum absolute atomic E-state index is 0.117. The number of aromatic amines is 1. The van der Waals surface area contributed by atoms with Crippen molar-refractivity contribution in [3.8, 4) is 22.9 Å². The molecule has 0 spiro atoms. The fourth-order valence-electron chi connectivity index (χ4n) is 2.90. The molecule has 33 heavy (non-hydrogen) atoms. The van der Waals surface area contributed by atoms with E-state index in [0.29, 0.717) is 29.0 Å². The second-order valence-electron chi connectivity index (χ2n) is 6.57. The lowest BCUT2D eigenvalue weighted by atomic mass is 10.2. The third-order valence-electron chi connectivity index (χ3n) is 4.43. The van der Waals surface area contributed by atoms with E-state index in [1.807, 2.05) is 0 Å². The highest BCUT2D eigenvalue weighted by atomic mass is 32.2. The number of nitro benzene ring substituents is 2. The van der Waals surface area contributed by atoms with Gasteiger partial charge in [-0.1, -0.05) is 6.07 Å². The summed E-state index contributed by atoms with van der Waals surface area (Å²) < 4.78 is 27.6. The smallest absolute Gasteiger partial charge is 0.279 e. The predicted molar refractivity (Wildman–Crippen MR) is 116 cm³/mol. The Morgan fingerprint density at radius 1 is 0.939 bits per heavy atom. The summed E-state index contributed by atoms with van der Waals surface area (Å²) in [5, 5.41) is 29.0. The Morgan fingerprint density at radius 3 is 2.33 bits per heavy atom. The highest BCUT2D eigenvalue weighted by molar-refractivity contribution is 7.92. The van der Waals surface area contributed by atoms with E-state index in [9.17, 15) is 28.6 Å². The van der Waals surface area contributed by atoms with Crippen LogP contribution in [-0.2, 0) is 10.0 Å². The first-order valence-corrected chi connectivity index (χ1v) is 10.6. The van der Waals surface area contributed by atoms with Crippen LogP contribution < -0.4 is 4.72 Å². The molecule has 0 radical (unpaired) electrons. The van der Waals surface area contributed by atoms with E-state index < -0.39 is 36.1 Å². The molecule has 0 fully saturated rings. The Labute approximate surface area is 185 Å². The SMILES string of the molecule is O=[N+]([O-])c1ccc(S(=O)(=O)Nc2ccc(-c3n[nH]c(-c4ccccn4)n3)cc2)c([N+](=O)[O-])c1. The average Bonchev–Trinajstić information content (AvgIpc) is 3.30. The molecule has 2 N–H and O–H groups in total. The fraction of sp³-hybridized carbons (Fsp3) is 0. The van der Waals surface area contributed by atoms with Gasteiger partial charge in [-0.3, -0.25) is 35.0 Å². The molecule has 2 heterocycles. The number of hydrogen-bond acceptors (Lipinski definition) is 9. The number of sulfonamides is 1. The molecule has 14 heteroatoms. The van der Waals surface area contributed by atoms with E-state index in [2.05, 4.69) is 24.9 Å². The van der Waals surface area contributed by atoms with E-state index in [-0.39, 0.29) is 5.69 Å². The monoisotopic (exact) mass is 467 g/mol. The first-order valence-electron chi connectivity index (χ1n) is 9.14. The topological polar surface area (TPSA) is 187 Å². The van der Waals surface area contributed by atoms with Crippen molar-refractivity contribution in [2.45, 2.75) is 4.90 Å². The van der Waals surface area contributed by atoms with Crippen molar-refractivity contribution >= 4 is 27.1 Å². The van der Waals surface area contributed by atoms with E-state index in [4.69, 9.17) is 0 Å². The summed E-state index contributed by atoms with van der Waals surface area (Å²) in [7, 11) is -4.40. The number of nitro groups is 2. The largest absolute Gasteiger partial charge is 0.296 e. The summed E-state index contributed by atoms with van der Waals surface area (Å²) >= 11 is 0. The molecule has 0 amide bonds. The van der Waals surface area contributed by atoms with Gasteiger partial charge in [0.25, 0.3) is 21.4 Å². The summed E-state index contributed by atoms with van der Waals surface area (Å²) in [5.41, 5.74) is -0.201. The molecule has 0 aliphatic heterocycles. The number of aromatic nitrogens is 4. The number of non-ortho nitro benzene ring substituents is 1. The van der Waals surface area contributed by atoms with Gasteiger partial charge in [0, 0.05) is 23.5 Å². The van der Waals surface area contributed by atoms with E-state index in [1.54, 1.807) is 36.5 Å². The second kappa shape index (κ2) is 8.43. The molecule has 0 aliphatic rings. The Kier molecular flexibility index (Phi) is 5.49. The van der Waals surface area contributed by atoms with Crippen molar-refractivity contribution in [3.63, 3.8) is 0 Å². The van der Waals surface area contributed by atoms with Crippen LogP contribution >= 0.6 is 0 Å². The number of anilines is 1. The van der Waals surface area contributed by atoms with Crippen LogP contribution in [-0.4, -0.2) is 38.4 Å². The molecular formula is C19H13N7O6S. The Morgan fingerprint density at radius 2 is 1.70 bits per heavy atom. The molecule has 0 unspecified atom stereocenters. The number of rotatable bonds is 7. The van der Waals surface area contributed by atoms with Gasteiger partial charge in [0.05, 0.1) is 15.9 Å². The standard InChI is InChI=1S/C19H13N7O6S/c27-25(28)14-8-9-17(16(11-14)26(29)30)33(31,32)24-13-6-4-12(5-7-13)18-21-19(23-22-18)15-3-1-2-10-20-15/h1-11,24H,(H,21,22,23). The maximum absolute atomic E-state index is 12.7. The van der Waals surface area contributed by atoms with Gasteiger partial charge in [0.2, 0.25) is 0 Å². The fourth-order valence-corrected chi connectivity index (χ4v) is 4.11. The summed E-state index contributed by atoms with van der Waals surface area (Å²) in [6.07, 6.45) is 1.62. The van der Waals surface area contributed by atoms with Crippen molar-refractivity contribution in [2.24, 2.45) is 0 Å². The molecule has 0 bridgehead atoms. The molecule has 4 rings (SSSR count). The number of benzene rings is 2. The van der Waals surface area contributed by atoms with E-state index in [0.717, 1.165) is 12.1 Å². The van der Waals surface area contributed by atoms with E-state index in [1.165, 1.54) is 12.1 Å². The van der Waals surface area contributed by atoms with Crippen molar-refractivity contribution < 1.29 is 18.3 Å². The molecule has 0 saturated heterocycles. The minimum atomic E-state index is -4.40. The number of H-pyrrole nitrogens is 1. The predicted octanol–water partition coefficient (Wildman–Crippen LogP) is 3.15. The Bertz CT molecular complexity index is 1450. The normalized spacial score (nSPS) is 11.2. The Balaban J connectivity index is 1.58. The Hall–Kier alpha value is -4.72.